The molecule has 0 aliphatic carbocycles. The molecule has 0 saturated heterocycles. The quantitative estimate of drug-likeness (QED) is 0.641. The van der Waals surface area contributed by atoms with Crippen molar-refractivity contribution < 1.29 is 4.79 Å². The van der Waals surface area contributed by atoms with Crippen molar-refractivity contribution in [1.82, 2.24) is 14.9 Å². The fourth-order valence-electron chi connectivity index (χ4n) is 2.16. The van der Waals surface area contributed by atoms with Crippen LogP contribution in [0.5, 0.6) is 0 Å². The van der Waals surface area contributed by atoms with Crippen LogP contribution in [0.25, 0.3) is 0 Å². The smallest absolute Gasteiger partial charge is 0.234 e. The molecule has 0 saturated carbocycles. The van der Waals surface area contributed by atoms with Gasteiger partial charge < -0.3 is 11.2 Å². The molecule has 1 heterocycles. The van der Waals surface area contributed by atoms with Crippen molar-refractivity contribution in [2.45, 2.75) is 51.1 Å². The molecule has 0 atom stereocenters. The van der Waals surface area contributed by atoms with Crippen LogP contribution in [-0.4, -0.2) is 26.5 Å². The van der Waals surface area contributed by atoms with Crippen molar-refractivity contribution in [1.29, 1.82) is 0 Å². The average molecular weight is 347 g/mol. The number of hydrogen-bond donors (Lipinski definition) is 2. The molecule has 7 heteroatoms. The predicted molar refractivity (Wildman–Crippen MR) is 98.8 cm³/mol. The van der Waals surface area contributed by atoms with Crippen molar-refractivity contribution in [3.63, 3.8) is 0 Å². The lowest BCUT2D eigenvalue weighted by Crippen LogP contribution is -2.18. The topological polar surface area (TPSA) is 85.8 Å². The first-order valence-corrected chi connectivity index (χ1v) is 8.90. The largest absolute Gasteiger partial charge is 0.336 e. The van der Waals surface area contributed by atoms with E-state index in [9.17, 15) is 4.79 Å². The molecule has 0 bridgehead atoms. The molecule has 6 nitrogen and oxygen atoms in total. The van der Waals surface area contributed by atoms with Crippen LogP contribution in [0.3, 0.4) is 0 Å². The molecule has 1 aromatic carbocycles. The zero-order chi connectivity index (χ0) is 17.9. The molecule has 130 valence electrons. The highest BCUT2D eigenvalue weighted by Crippen LogP contribution is 2.24. The summed E-state index contributed by atoms with van der Waals surface area (Å²) in [5.41, 5.74) is 2.11. The van der Waals surface area contributed by atoms with Gasteiger partial charge >= 0.3 is 0 Å². The molecular weight excluding hydrogens is 322 g/mol. The van der Waals surface area contributed by atoms with Crippen LogP contribution < -0.4 is 11.2 Å². The second-order valence-electron chi connectivity index (χ2n) is 7.03. The van der Waals surface area contributed by atoms with E-state index in [0.717, 1.165) is 5.69 Å². The highest BCUT2D eigenvalue weighted by Gasteiger charge is 2.15. The molecule has 2 rings (SSSR count). The van der Waals surface area contributed by atoms with Gasteiger partial charge in [-0.25, -0.2) is 4.68 Å². The second-order valence-corrected chi connectivity index (χ2v) is 7.97. The van der Waals surface area contributed by atoms with E-state index in [2.05, 4.69) is 36.3 Å². The number of anilines is 1. The molecule has 0 aliphatic heterocycles. The summed E-state index contributed by atoms with van der Waals surface area (Å²) < 4.78 is 1.45. The van der Waals surface area contributed by atoms with Crippen LogP contribution in [0, 0.1) is 0 Å². The summed E-state index contributed by atoms with van der Waals surface area (Å²) in [6, 6.07) is 7.92. The molecule has 0 spiro atoms. The van der Waals surface area contributed by atoms with Crippen LogP contribution in [0.15, 0.2) is 29.4 Å². The average Bonchev–Trinajstić information content (AvgIpc) is 2.86. The Hall–Kier alpha value is -2.02. The highest BCUT2D eigenvalue weighted by molar-refractivity contribution is 7.99. The molecule has 2 aromatic rings. The van der Waals surface area contributed by atoms with Gasteiger partial charge in [0.25, 0.3) is 0 Å². The van der Waals surface area contributed by atoms with Gasteiger partial charge in [-0.2, -0.15) is 0 Å². The van der Waals surface area contributed by atoms with Crippen molar-refractivity contribution >= 4 is 23.4 Å². The zero-order valence-electron chi connectivity index (χ0n) is 14.8. The van der Waals surface area contributed by atoms with Gasteiger partial charge in [-0.3, -0.25) is 4.79 Å². The number of nitrogens with one attached hydrogen (secondary N) is 1. The number of carbonyl (C=O) groups is 1. The first-order chi connectivity index (χ1) is 11.2. The van der Waals surface area contributed by atoms with Gasteiger partial charge in [0.15, 0.2) is 5.82 Å². The Labute approximate surface area is 147 Å². The minimum atomic E-state index is -0.0994. The Morgan fingerprint density at radius 1 is 1.25 bits per heavy atom. The van der Waals surface area contributed by atoms with Crippen LogP contribution in [-0.2, 0) is 10.2 Å². The van der Waals surface area contributed by atoms with Gasteiger partial charge in [0.05, 0.1) is 5.75 Å². The summed E-state index contributed by atoms with van der Waals surface area (Å²) in [7, 11) is 0. The summed E-state index contributed by atoms with van der Waals surface area (Å²) in [5.74, 6) is 6.96. The minimum Gasteiger partial charge on any atom is -0.336 e. The SMILES string of the molecule is CC(C)c1nnc(SCC(=O)Nc2ccc(C(C)(C)C)cc2)n1N. The van der Waals surface area contributed by atoms with Gasteiger partial charge in [-0.15, -0.1) is 10.2 Å². The summed E-state index contributed by atoms with van der Waals surface area (Å²) >= 11 is 1.27. The standard InChI is InChI=1S/C17H25N5OS/c1-11(2)15-20-21-16(22(15)18)24-10-14(23)19-13-8-6-12(7-9-13)17(3,4)5/h6-9,11H,10,18H2,1-5H3,(H,19,23). The lowest BCUT2D eigenvalue weighted by molar-refractivity contribution is -0.113. The first kappa shape index (κ1) is 18.3. The molecular formula is C17H25N5OS. The number of nitrogen functional groups attached to an aromatic ring is 1. The first-order valence-electron chi connectivity index (χ1n) is 7.92. The monoisotopic (exact) mass is 347 g/mol. The molecule has 24 heavy (non-hydrogen) atoms. The molecule has 0 unspecified atom stereocenters. The number of amides is 1. The summed E-state index contributed by atoms with van der Waals surface area (Å²) in [6.45, 7) is 10.5. The fraction of sp³-hybridized carbons (Fsp3) is 0.471. The van der Waals surface area contributed by atoms with Crippen LogP contribution in [0.4, 0.5) is 5.69 Å². The number of rotatable bonds is 5. The lowest BCUT2D eigenvalue weighted by Gasteiger charge is -2.19. The van der Waals surface area contributed by atoms with E-state index in [1.165, 1.54) is 22.0 Å². The van der Waals surface area contributed by atoms with E-state index in [-0.39, 0.29) is 23.0 Å². The Kier molecular flexibility index (Phi) is 5.54. The summed E-state index contributed by atoms with van der Waals surface area (Å²) in [6.07, 6.45) is 0. The van der Waals surface area contributed by atoms with E-state index in [1.807, 2.05) is 38.1 Å². The van der Waals surface area contributed by atoms with E-state index in [0.29, 0.717) is 11.0 Å². The molecule has 0 radical (unpaired) electrons. The molecule has 3 N–H and O–H groups in total. The maximum absolute atomic E-state index is 12.1. The molecule has 0 fully saturated rings. The zero-order valence-corrected chi connectivity index (χ0v) is 15.6. The number of hydrogen-bond acceptors (Lipinski definition) is 5. The summed E-state index contributed by atoms with van der Waals surface area (Å²) in [5, 5.41) is 11.5. The Bertz CT molecular complexity index is 701. The molecule has 0 aliphatic rings. The van der Waals surface area contributed by atoms with E-state index >= 15 is 0 Å². The Morgan fingerprint density at radius 2 is 1.88 bits per heavy atom. The van der Waals surface area contributed by atoms with Gasteiger partial charge in [0.1, 0.15) is 0 Å². The second kappa shape index (κ2) is 7.25. The third kappa shape index (κ3) is 4.50. The number of carbonyl (C=O) groups excluding carboxylic acids is 1. The minimum absolute atomic E-state index is 0.0950. The number of nitrogens with two attached hydrogens (primary N) is 1. The van der Waals surface area contributed by atoms with Crippen LogP contribution >= 0.6 is 11.8 Å². The summed E-state index contributed by atoms with van der Waals surface area (Å²) in [4.78, 5) is 12.1. The maximum atomic E-state index is 12.1. The normalized spacial score (nSPS) is 11.8. The van der Waals surface area contributed by atoms with E-state index in [1.54, 1.807) is 0 Å². The van der Waals surface area contributed by atoms with Gasteiger partial charge in [-0.1, -0.05) is 58.5 Å². The van der Waals surface area contributed by atoms with Crippen molar-refractivity contribution in [3.8, 4) is 0 Å². The third-order valence-corrected chi connectivity index (χ3v) is 4.52. The van der Waals surface area contributed by atoms with E-state index < -0.39 is 0 Å². The van der Waals surface area contributed by atoms with Crippen molar-refractivity contribution in [2.24, 2.45) is 0 Å². The fourth-order valence-corrected chi connectivity index (χ4v) is 2.82. The highest BCUT2D eigenvalue weighted by atomic mass is 32.2. The van der Waals surface area contributed by atoms with Crippen LogP contribution in [0.1, 0.15) is 51.9 Å². The molecule has 1 aromatic heterocycles. The van der Waals surface area contributed by atoms with E-state index in [4.69, 9.17) is 5.84 Å². The van der Waals surface area contributed by atoms with Gasteiger partial charge in [0, 0.05) is 11.6 Å². The maximum Gasteiger partial charge on any atom is 0.234 e. The van der Waals surface area contributed by atoms with Gasteiger partial charge in [-0.05, 0) is 23.1 Å². The van der Waals surface area contributed by atoms with Crippen LogP contribution in [0.2, 0.25) is 0 Å². The van der Waals surface area contributed by atoms with Crippen molar-refractivity contribution in [3.05, 3.63) is 35.7 Å². The number of aromatic nitrogens is 3. The third-order valence-electron chi connectivity index (χ3n) is 3.57. The predicted octanol–water partition coefficient (Wildman–Crippen LogP) is 3.14. The van der Waals surface area contributed by atoms with Crippen molar-refractivity contribution in [2.75, 3.05) is 16.9 Å². The number of thioether (sulfide) groups is 1. The Morgan fingerprint density at radius 3 is 2.38 bits per heavy atom. The lowest BCUT2D eigenvalue weighted by atomic mass is 9.87. The Balaban J connectivity index is 1.92. The molecule has 1 amide bonds. The number of benzene rings is 1. The number of nitrogens with zero attached hydrogens (tertiary/aromatic N) is 3. The van der Waals surface area contributed by atoms with Gasteiger partial charge in [0.2, 0.25) is 11.1 Å².